The molecule has 1 aliphatic heterocycles. The Labute approximate surface area is 101 Å². The summed E-state index contributed by atoms with van der Waals surface area (Å²) in [6.45, 7) is 6.02. The Morgan fingerprint density at radius 1 is 1.40 bits per heavy atom. The fraction of sp³-hybridized carbons (Fsp3) is 0.833. The molecule has 1 heterocycles. The minimum absolute atomic E-state index is 0.0685. The summed E-state index contributed by atoms with van der Waals surface area (Å²) in [6, 6.07) is 0. The number of aliphatic hydroxyl groups is 1. The van der Waals surface area contributed by atoms with Gasteiger partial charge in [-0.15, -0.1) is 30.1 Å². The van der Waals surface area contributed by atoms with Gasteiger partial charge in [0.1, 0.15) is 0 Å². The zero-order valence-corrected chi connectivity index (χ0v) is 11.0. The van der Waals surface area contributed by atoms with Crippen LogP contribution in [0, 0.1) is 5.41 Å². The molecule has 86 valence electrons. The summed E-state index contributed by atoms with van der Waals surface area (Å²) in [7, 11) is 0. The number of aliphatic hydroxyl groups excluding tert-OH is 1. The zero-order chi connectivity index (χ0) is 10.9. The van der Waals surface area contributed by atoms with E-state index in [1.165, 1.54) is 17.9 Å². The van der Waals surface area contributed by atoms with Gasteiger partial charge in [0.2, 0.25) is 0 Å². The molecule has 15 heavy (non-hydrogen) atoms. The lowest BCUT2D eigenvalue weighted by molar-refractivity contribution is 0.0659. The van der Waals surface area contributed by atoms with Gasteiger partial charge in [0.15, 0.2) is 0 Å². The Balaban J connectivity index is 2.14. The summed E-state index contributed by atoms with van der Waals surface area (Å²) in [5, 5.41) is 10.6. The van der Waals surface area contributed by atoms with Crippen molar-refractivity contribution in [1.29, 1.82) is 0 Å². The van der Waals surface area contributed by atoms with Gasteiger partial charge in [0, 0.05) is 0 Å². The van der Waals surface area contributed by atoms with Crippen LogP contribution >= 0.6 is 23.5 Å². The monoisotopic (exact) mass is 244 g/mol. The van der Waals surface area contributed by atoms with Crippen molar-refractivity contribution in [2.24, 2.45) is 5.41 Å². The maximum atomic E-state index is 10.6. The lowest BCUT2D eigenvalue weighted by Crippen LogP contribution is -2.41. The predicted molar refractivity (Wildman–Crippen MR) is 70.4 cm³/mol. The van der Waals surface area contributed by atoms with E-state index >= 15 is 0 Å². The van der Waals surface area contributed by atoms with Crippen molar-refractivity contribution < 1.29 is 5.11 Å². The second-order valence-electron chi connectivity index (χ2n) is 4.91. The van der Waals surface area contributed by atoms with Gasteiger partial charge < -0.3 is 5.11 Å². The maximum Gasteiger partial charge on any atom is 0.0874 e. The number of allylic oxidation sites excluding steroid dienone is 1. The summed E-state index contributed by atoms with van der Waals surface area (Å²) >= 11 is 3.98. The van der Waals surface area contributed by atoms with Crippen LogP contribution in [-0.2, 0) is 0 Å². The molecule has 2 unspecified atom stereocenters. The molecule has 0 aromatic carbocycles. The molecule has 2 atom stereocenters. The molecular weight excluding hydrogens is 224 g/mol. The summed E-state index contributed by atoms with van der Waals surface area (Å²) < 4.78 is 0.107. The van der Waals surface area contributed by atoms with Crippen molar-refractivity contribution in [3.8, 4) is 0 Å². The highest BCUT2D eigenvalue weighted by atomic mass is 32.2. The van der Waals surface area contributed by atoms with Gasteiger partial charge >= 0.3 is 0 Å². The lowest BCUT2D eigenvalue weighted by atomic mass is 9.83. The average Bonchev–Trinajstić information content (AvgIpc) is 2.47. The molecule has 0 aromatic rings. The Bertz CT molecular complexity index is 248. The molecule has 0 bridgehead atoms. The van der Waals surface area contributed by atoms with E-state index < -0.39 is 0 Å². The molecule has 1 aliphatic carbocycles. The highest BCUT2D eigenvalue weighted by Gasteiger charge is 2.54. The smallest absolute Gasteiger partial charge is 0.0874 e. The molecular formula is C12H20OS2. The van der Waals surface area contributed by atoms with Crippen LogP contribution < -0.4 is 0 Å². The van der Waals surface area contributed by atoms with Crippen LogP contribution in [0.2, 0.25) is 0 Å². The summed E-state index contributed by atoms with van der Waals surface area (Å²) in [5.41, 5.74) is 0.0685. The van der Waals surface area contributed by atoms with E-state index in [0.717, 1.165) is 19.3 Å². The highest BCUT2D eigenvalue weighted by molar-refractivity contribution is 8.18. The molecule has 0 radical (unpaired) electrons. The topological polar surface area (TPSA) is 20.2 Å². The van der Waals surface area contributed by atoms with Crippen molar-refractivity contribution in [2.45, 2.75) is 42.8 Å². The Morgan fingerprint density at radius 3 is 2.67 bits per heavy atom. The quantitative estimate of drug-likeness (QED) is 0.753. The van der Waals surface area contributed by atoms with Crippen LogP contribution in [0.5, 0.6) is 0 Å². The Morgan fingerprint density at radius 2 is 2.07 bits per heavy atom. The van der Waals surface area contributed by atoms with Crippen LogP contribution in [0.25, 0.3) is 0 Å². The molecule has 1 N–H and O–H groups in total. The van der Waals surface area contributed by atoms with E-state index in [9.17, 15) is 5.11 Å². The number of rotatable bonds is 2. The van der Waals surface area contributed by atoms with E-state index in [2.05, 4.69) is 13.5 Å². The lowest BCUT2D eigenvalue weighted by Gasteiger charge is -2.39. The summed E-state index contributed by atoms with van der Waals surface area (Å²) in [5.74, 6) is 2.43. The van der Waals surface area contributed by atoms with E-state index in [1.54, 1.807) is 0 Å². The van der Waals surface area contributed by atoms with Crippen LogP contribution in [0.3, 0.4) is 0 Å². The first-order valence-electron chi connectivity index (χ1n) is 5.70. The van der Waals surface area contributed by atoms with E-state index in [0.29, 0.717) is 0 Å². The molecule has 2 fully saturated rings. The molecule has 1 saturated carbocycles. The summed E-state index contributed by atoms with van der Waals surface area (Å²) in [6.07, 6.45) is 6.33. The molecule has 2 rings (SSSR count). The molecule has 0 amide bonds. The molecule has 1 saturated heterocycles. The van der Waals surface area contributed by atoms with Gasteiger partial charge in [-0.3, -0.25) is 0 Å². The van der Waals surface area contributed by atoms with Crippen molar-refractivity contribution in [2.75, 3.05) is 11.5 Å². The molecule has 1 nitrogen and oxygen atoms in total. The fourth-order valence-corrected chi connectivity index (χ4v) is 6.36. The largest absolute Gasteiger partial charge is 0.390 e. The van der Waals surface area contributed by atoms with Crippen LogP contribution in [0.15, 0.2) is 12.7 Å². The second-order valence-corrected chi connectivity index (χ2v) is 8.02. The van der Waals surface area contributed by atoms with Crippen molar-refractivity contribution >= 4 is 23.5 Å². The third-order valence-corrected chi connectivity index (χ3v) is 7.24. The first kappa shape index (κ1) is 11.9. The number of thioether (sulfide) groups is 2. The fourth-order valence-electron chi connectivity index (χ4n) is 2.70. The van der Waals surface area contributed by atoms with Gasteiger partial charge in [-0.1, -0.05) is 13.0 Å². The van der Waals surface area contributed by atoms with E-state index in [4.69, 9.17) is 0 Å². The van der Waals surface area contributed by atoms with E-state index in [-0.39, 0.29) is 15.6 Å². The molecule has 3 heteroatoms. The second kappa shape index (κ2) is 4.34. The Kier molecular flexibility index (Phi) is 3.44. The SMILES string of the molecule is C=CCC1(C)CCC2(SCCCS2)C1O. The molecule has 0 aromatic heterocycles. The van der Waals surface area contributed by atoms with Gasteiger partial charge in [-0.05, 0) is 42.6 Å². The standard InChI is InChI=1S/C12H20OS2/c1-3-5-11(2)6-7-12(10(11)13)14-8-4-9-15-12/h3,10,13H,1,4-9H2,2H3. The number of hydrogen-bond acceptors (Lipinski definition) is 3. The average molecular weight is 244 g/mol. The van der Waals surface area contributed by atoms with Crippen molar-refractivity contribution in [3.63, 3.8) is 0 Å². The third-order valence-electron chi connectivity index (χ3n) is 3.71. The minimum Gasteiger partial charge on any atom is -0.390 e. The van der Waals surface area contributed by atoms with Gasteiger partial charge in [-0.2, -0.15) is 0 Å². The summed E-state index contributed by atoms with van der Waals surface area (Å²) in [4.78, 5) is 0. The van der Waals surface area contributed by atoms with Crippen LogP contribution in [-0.4, -0.2) is 26.8 Å². The molecule has 2 aliphatic rings. The normalized spacial score (nSPS) is 39.5. The minimum atomic E-state index is -0.168. The van der Waals surface area contributed by atoms with Crippen LogP contribution in [0.1, 0.15) is 32.6 Å². The maximum absolute atomic E-state index is 10.6. The predicted octanol–water partition coefficient (Wildman–Crippen LogP) is 3.29. The number of hydrogen-bond donors (Lipinski definition) is 1. The zero-order valence-electron chi connectivity index (χ0n) is 9.37. The van der Waals surface area contributed by atoms with Gasteiger partial charge in [-0.25, -0.2) is 0 Å². The van der Waals surface area contributed by atoms with E-state index in [1.807, 2.05) is 29.6 Å². The third kappa shape index (κ3) is 1.98. The Hall–Kier alpha value is 0.400. The first-order valence-corrected chi connectivity index (χ1v) is 7.67. The first-order chi connectivity index (χ1) is 7.13. The molecule has 1 spiro atoms. The van der Waals surface area contributed by atoms with Crippen molar-refractivity contribution in [3.05, 3.63) is 12.7 Å². The van der Waals surface area contributed by atoms with Gasteiger partial charge in [0.05, 0.1) is 10.2 Å². The van der Waals surface area contributed by atoms with Crippen molar-refractivity contribution in [1.82, 2.24) is 0 Å². The van der Waals surface area contributed by atoms with Crippen LogP contribution in [0.4, 0.5) is 0 Å². The highest BCUT2D eigenvalue weighted by Crippen LogP contribution is 2.59. The van der Waals surface area contributed by atoms with Gasteiger partial charge in [0.25, 0.3) is 0 Å².